The van der Waals surface area contributed by atoms with E-state index < -0.39 is 5.60 Å². The minimum absolute atomic E-state index is 0.00793. The minimum atomic E-state index is -0.512. The first-order valence-electron chi connectivity index (χ1n) is 10.7. The molecule has 1 aromatic carbocycles. The van der Waals surface area contributed by atoms with E-state index in [9.17, 15) is 9.59 Å². The molecule has 2 aliphatic rings. The molecule has 3 rings (SSSR count). The van der Waals surface area contributed by atoms with Gasteiger partial charge in [0.2, 0.25) is 5.91 Å². The van der Waals surface area contributed by atoms with Crippen molar-refractivity contribution in [2.24, 2.45) is 5.92 Å². The number of hydrogen-bond acceptors (Lipinski definition) is 5. The van der Waals surface area contributed by atoms with Crippen LogP contribution in [0.15, 0.2) is 18.2 Å². The molecule has 0 spiro atoms. The summed E-state index contributed by atoms with van der Waals surface area (Å²) in [5.74, 6) is 1.64. The summed E-state index contributed by atoms with van der Waals surface area (Å²) in [6.45, 7) is 7.43. The van der Waals surface area contributed by atoms with E-state index in [1.54, 1.807) is 19.1 Å². The third kappa shape index (κ3) is 4.99. The first-order valence-corrected chi connectivity index (χ1v) is 10.7. The highest BCUT2D eigenvalue weighted by Crippen LogP contribution is 2.40. The summed E-state index contributed by atoms with van der Waals surface area (Å²) in [6, 6.07) is 5.73. The van der Waals surface area contributed by atoms with Gasteiger partial charge in [0.25, 0.3) is 0 Å². The molecule has 0 radical (unpaired) electrons. The molecule has 0 aromatic heterocycles. The highest BCUT2D eigenvalue weighted by molar-refractivity contribution is 5.80. The van der Waals surface area contributed by atoms with E-state index in [1.165, 1.54) is 0 Å². The lowest BCUT2D eigenvalue weighted by Gasteiger charge is -2.35. The maximum absolute atomic E-state index is 13.4. The quantitative estimate of drug-likeness (QED) is 0.739. The topological polar surface area (TPSA) is 68.3 Å². The Kier molecular flexibility index (Phi) is 6.78. The van der Waals surface area contributed by atoms with Crippen LogP contribution < -0.4 is 9.47 Å². The second-order valence-corrected chi connectivity index (χ2v) is 9.04. The Morgan fingerprint density at radius 3 is 2.30 bits per heavy atom. The van der Waals surface area contributed by atoms with Crippen LogP contribution in [0.3, 0.4) is 0 Å². The molecule has 2 aliphatic heterocycles. The lowest BCUT2D eigenvalue weighted by atomic mass is 9.94. The van der Waals surface area contributed by atoms with Crippen molar-refractivity contribution in [3.05, 3.63) is 23.8 Å². The Morgan fingerprint density at radius 2 is 1.70 bits per heavy atom. The van der Waals surface area contributed by atoms with Gasteiger partial charge in [-0.25, -0.2) is 4.79 Å². The molecule has 0 N–H and O–H groups in total. The van der Waals surface area contributed by atoms with Gasteiger partial charge in [0, 0.05) is 31.1 Å². The summed E-state index contributed by atoms with van der Waals surface area (Å²) in [5.41, 5.74) is 0.483. The molecule has 7 nitrogen and oxygen atoms in total. The molecule has 1 unspecified atom stereocenters. The van der Waals surface area contributed by atoms with Crippen LogP contribution in [-0.2, 0) is 9.53 Å². The number of rotatable bonds is 4. The molecule has 2 heterocycles. The van der Waals surface area contributed by atoms with E-state index in [0.717, 1.165) is 36.4 Å². The minimum Gasteiger partial charge on any atom is -0.497 e. The van der Waals surface area contributed by atoms with E-state index in [1.807, 2.05) is 43.9 Å². The molecule has 2 amide bonds. The average Bonchev–Trinajstić information content (AvgIpc) is 3.21. The second-order valence-electron chi connectivity index (χ2n) is 9.04. The number of carbonyl (C=O) groups excluding carboxylic acids is 2. The van der Waals surface area contributed by atoms with Crippen molar-refractivity contribution in [3.63, 3.8) is 0 Å². The maximum Gasteiger partial charge on any atom is 0.410 e. The first kappa shape index (κ1) is 22.2. The lowest BCUT2D eigenvalue weighted by molar-refractivity contribution is -0.138. The van der Waals surface area contributed by atoms with Crippen molar-refractivity contribution in [1.29, 1.82) is 0 Å². The average molecular weight is 419 g/mol. The van der Waals surface area contributed by atoms with Crippen LogP contribution in [0.4, 0.5) is 4.79 Å². The van der Waals surface area contributed by atoms with E-state index in [2.05, 4.69) is 0 Å². The number of likely N-dealkylation sites (tertiary alicyclic amines) is 2. The van der Waals surface area contributed by atoms with Crippen LogP contribution in [0.2, 0.25) is 0 Å². The Balaban J connectivity index is 1.67. The molecule has 0 bridgehead atoms. The van der Waals surface area contributed by atoms with Crippen LogP contribution in [0, 0.1) is 5.92 Å². The molecule has 166 valence electrons. The van der Waals surface area contributed by atoms with Crippen LogP contribution in [0.5, 0.6) is 11.5 Å². The zero-order valence-electron chi connectivity index (χ0n) is 18.8. The van der Waals surface area contributed by atoms with Gasteiger partial charge >= 0.3 is 6.09 Å². The molecule has 7 heteroatoms. The fourth-order valence-electron chi connectivity index (χ4n) is 4.32. The molecule has 2 fully saturated rings. The number of nitrogens with zero attached hydrogens (tertiary/aromatic N) is 2. The fraction of sp³-hybridized carbons (Fsp3) is 0.652. The number of methoxy groups -OCH3 is 2. The van der Waals surface area contributed by atoms with Gasteiger partial charge < -0.3 is 24.0 Å². The molecular weight excluding hydrogens is 384 g/mol. The second kappa shape index (κ2) is 9.14. The van der Waals surface area contributed by atoms with E-state index in [0.29, 0.717) is 25.9 Å². The van der Waals surface area contributed by atoms with Crippen molar-refractivity contribution in [1.82, 2.24) is 9.80 Å². The third-order valence-electron chi connectivity index (χ3n) is 5.83. The van der Waals surface area contributed by atoms with Gasteiger partial charge in [-0.05, 0) is 64.7 Å². The Hall–Kier alpha value is -2.44. The smallest absolute Gasteiger partial charge is 0.410 e. The summed E-state index contributed by atoms with van der Waals surface area (Å²) in [6.07, 6.45) is 2.90. The monoisotopic (exact) mass is 418 g/mol. The van der Waals surface area contributed by atoms with Crippen molar-refractivity contribution in [3.8, 4) is 11.5 Å². The van der Waals surface area contributed by atoms with Crippen LogP contribution in [0.25, 0.3) is 0 Å². The Labute approximate surface area is 179 Å². The van der Waals surface area contributed by atoms with Gasteiger partial charge in [0.15, 0.2) is 0 Å². The standard InChI is InChI=1S/C23H34N2O5/c1-23(2,3)30-22(27)24-13-10-16(11-14-24)21(26)25-12-6-7-19(25)18-15-17(28-4)8-9-20(18)29-5/h8-9,15-16,19H,6-7,10-14H2,1-5H3. The van der Waals surface area contributed by atoms with E-state index >= 15 is 0 Å². The number of hydrogen-bond donors (Lipinski definition) is 0. The van der Waals surface area contributed by atoms with Gasteiger partial charge in [-0.3, -0.25) is 4.79 Å². The summed E-state index contributed by atoms with van der Waals surface area (Å²) >= 11 is 0. The summed E-state index contributed by atoms with van der Waals surface area (Å²) in [7, 11) is 3.29. The molecule has 30 heavy (non-hydrogen) atoms. The highest BCUT2D eigenvalue weighted by Gasteiger charge is 2.37. The van der Waals surface area contributed by atoms with Gasteiger partial charge in [-0.2, -0.15) is 0 Å². The van der Waals surface area contributed by atoms with Crippen molar-refractivity contribution in [2.45, 2.75) is 58.1 Å². The van der Waals surface area contributed by atoms with E-state index in [-0.39, 0.29) is 24.0 Å². The largest absolute Gasteiger partial charge is 0.497 e. The maximum atomic E-state index is 13.4. The SMILES string of the molecule is COc1ccc(OC)c(C2CCCN2C(=O)C2CCN(C(=O)OC(C)(C)C)CC2)c1. The summed E-state index contributed by atoms with van der Waals surface area (Å²) in [5, 5.41) is 0. The number of benzene rings is 1. The first-order chi connectivity index (χ1) is 14.2. The van der Waals surface area contributed by atoms with Crippen molar-refractivity contribution < 1.29 is 23.8 Å². The highest BCUT2D eigenvalue weighted by atomic mass is 16.6. The summed E-state index contributed by atoms with van der Waals surface area (Å²) in [4.78, 5) is 29.4. The van der Waals surface area contributed by atoms with Crippen LogP contribution in [0.1, 0.15) is 58.1 Å². The van der Waals surface area contributed by atoms with Gasteiger partial charge in [0.05, 0.1) is 20.3 Å². The number of carbonyl (C=O) groups is 2. The number of ether oxygens (including phenoxy) is 3. The zero-order chi connectivity index (χ0) is 21.9. The number of amides is 2. The lowest BCUT2D eigenvalue weighted by Crippen LogP contribution is -2.45. The van der Waals surface area contributed by atoms with Gasteiger partial charge in [-0.1, -0.05) is 0 Å². The fourth-order valence-corrected chi connectivity index (χ4v) is 4.32. The summed E-state index contributed by atoms with van der Waals surface area (Å²) < 4.78 is 16.4. The molecular formula is C23H34N2O5. The Bertz CT molecular complexity index is 765. The van der Waals surface area contributed by atoms with Gasteiger partial charge in [0.1, 0.15) is 17.1 Å². The molecule has 0 saturated carbocycles. The molecule has 0 aliphatic carbocycles. The van der Waals surface area contributed by atoms with Gasteiger partial charge in [-0.15, -0.1) is 0 Å². The van der Waals surface area contributed by atoms with E-state index in [4.69, 9.17) is 14.2 Å². The predicted molar refractivity (Wildman–Crippen MR) is 114 cm³/mol. The molecule has 2 saturated heterocycles. The molecule has 1 aromatic rings. The zero-order valence-corrected chi connectivity index (χ0v) is 18.8. The molecule has 1 atom stereocenters. The normalized spacial score (nSPS) is 20.2. The predicted octanol–water partition coefficient (Wildman–Crippen LogP) is 4.01. The van der Waals surface area contributed by atoms with Crippen LogP contribution >= 0.6 is 0 Å². The van der Waals surface area contributed by atoms with Crippen molar-refractivity contribution >= 4 is 12.0 Å². The Morgan fingerprint density at radius 1 is 1.00 bits per heavy atom. The third-order valence-corrected chi connectivity index (χ3v) is 5.83. The number of piperidine rings is 1. The van der Waals surface area contributed by atoms with Crippen molar-refractivity contribution in [2.75, 3.05) is 33.9 Å². The van der Waals surface area contributed by atoms with Crippen LogP contribution in [-0.4, -0.2) is 61.3 Å².